The third kappa shape index (κ3) is 7.43. The molecule has 1 saturated heterocycles. The highest BCUT2D eigenvalue weighted by Crippen LogP contribution is 2.48. The van der Waals surface area contributed by atoms with Gasteiger partial charge in [0.05, 0.1) is 29.0 Å². The van der Waals surface area contributed by atoms with Crippen molar-refractivity contribution in [2.45, 2.75) is 87.5 Å². The van der Waals surface area contributed by atoms with Crippen LogP contribution in [0.1, 0.15) is 80.3 Å². The molecule has 1 spiro atoms. The van der Waals surface area contributed by atoms with E-state index in [1.165, 1.54) is 11.1 Å². The zero-order valence-electron chi connectivity index (χ0n) is 29.7. The molecule has 52 heavy (non-hydrogen) atoms. The lowest BCUT2D eigenvalue weighted by atomic mass is 9.64. The molecule has 2 fully saturated rings. The highest BCUT2D eigenvalue weighted by molar-refractivity contribution is 7.91. The fourth-order valence-electron chi connectivity index (χ4n) is 8.68. The molecule has 2 aliphatic carbocycles. The molecule has 3 aliphatic heterocycles. The van der Waals surface area contributed by atoms with Gasteiger partial charge in [0.2, 0.25) is 10.0 Å². The largest absolute Gasteiger partial charge is 0.490 e. The molecule has 2 aromatic rings. The van der Waals surface area contributed by atoms with E-state index in [-0.39, 0.29) is 46.3 Å². The van der Waals surface area contributed by atoms with E-state index in [9.17, 15) is 26.7 Å². The molecule has 2 bridgehead atoms. The number of hydrogen-bond donors (Lipinski definition) is 3. The number of hydrogen-bond acceptors (Lipinski definition) is 9. The normalized spacial score (nSPS) is 33.4. The molecule has 1 saturated carbocycles. The topological polar surface area (TPSA) is 142 Å². The summed E-state index contributed by atoms with van der Waals surface area (Å²) in [5.41, 5.74) is 1.47. The maximum atomic E-state index is 13.5. The minimum atomic E-state index is -4.04. The smallest absolute Gasteiger partial charge is 0.264 e. The van der Waals surface area contributed by atoms with Gasteiger partial charge in [-0.25, -0.2) is 21.6 Å². The standard InChI is InChI=1S/C39H48ClN3O7S2/c1-26-5-3-16-39(45,17-18-41-32-13-19-51(46,47)20-14-32)34-10-7-30(34)23-43-24-38(15-4-6-28-21-31(40)9-11-33(28)38)25-50-36-12-8-29(22-35(36)43)37(44)42-52(48,49)27(26)2/h3,8-9,11-12,16,21-22,26-27,30,32,34,41,45H,4-7,10,13-15,19-20,23-25H2,1-2H3,(H,42,44)/b16-3+/t26-,27+,30-,34+,38-,39-/m0/s1. The van der Waals surface area contributed by atoms with Crippen LogP contribution in [0, 0.1) is 29.7 Å². The minimum Gasteiger partial charge on any atom is -0.490 e. The number of aryl methyl sites for hydroxylation is 1. The summed E-state index contributed by atoms with van der Waals surface area (Å²) in [4.78, 5) is 15.8. The van der Waals surface area contributed by atoms with E-state index in [1.54, 1.807) is 37.3 Å². The number of rotatable bonds is 1. The summed E-state index contributed by atoms with van der Waals surface area (Å²) in [6.07, 6.45) is 9.20. The predicted octanol–water partition coefficient (Wildman–Crippen LogP) is 4.74. The number of halogens is 1. The van der Waals surface area contributed by atoms with E-state index in [4.69, 9.17) is 16.3 Å². The van der Waals surface area contributed by atoms with Crippen LogP contribution in [0.5, 0.6) is 5.75 Å². The van der Waals surface area contributed by atoms with Gasteiger partial charge in [-0.2, -0.15) is 0 Å². The first-order chi connectivity index (χ1) is 24.7. The van der Waals surface area contributed by atoms with Gasteiger partial charge in [0.1, 0.15) is 21.2 Å². The summed E-state index contributed by atoms with van der Waals surface area (Å²) in [6.45, 7) is 4.99. The highest BCUT2D eigenvalue weighted by Gasteiger charge is 2.48. The molecular weight excluding hydrogens is 722 g/mol. The van der Waals surface area contributed by atoms with Crippen LogP contribution in [-0.2, 0) is 31.7 Å². The fourth-order valence-corrected chi connectivity index (χ4v) is 11.6. The molecule has 280 valence electrons. The summed E-state index contributed by atoms with van der Waals surface area (Å²) in [5, 5.41) is 15.3. The zero-order valence-corrected chi connectivity index (χ0v) is 32.1. The second-order valence-corrected chi connectivity index (χ2v) is 20.5. The Labute approximate surface area is 312 Å². The van der Waals surface area contributed by atoms with Gasteiger partial charge in [0.25, 0.3) is 5.91 Å². The van der Waals surface area contributed by atoms with Gasteiger partial charge in [-0.1, -0.05) is 30.7 Å². The molecular formula is C39H48ClN3O7S2. The Bertz CT molecular complexity index is 2030. The number of anilines is 1. The number of nitrogens with zero attached hydrogens (tertiary/aromatic N) is 1. The minimum absolute atomic E-state index is 0.0437. The van der Waals surface area contributed by atoms with Crippen LogP contribution in [0.2, 0.25) is 5.02 Å². The first-order valence-corrected chi connectivity index (χ1v) is 22.2. The van der Waals surface area contributed by atoms with Crippen molar-refractivity contribution in [3.05, 3.63) is 70.3 Å². The van der Waals surface area contributed by atoms with Crippen LogP contribution in [0.25, 0.3) is 0 Å². The summed E-state index contributed by atoms with van der Waals surface area (Å²) < 4.78 is 59.8. The third-order valence-corrected chi connectivity index (χ3v) is 16.1. The van der Waals surface area contributed by atoms with Crippen molar-refractivity contribution >= 4 is 43.1 Å². The summed E-state index contributed by atoms with van der Waals surface area (Å²) in [5.74, 6) is 2.74. The van der Waals surface area contributed by atoms with Crippen LogP contribution >= 0.6 is 11.6 Å². The summed E-state index contributed by atoms with van der Waals surface area (Å²) in [7, 11) is -7.07. The number of fused-ring (bicyclic) bond motifs is 4. The molecule has 5 aliphatic rings. The van der Waals surface area contributed by atoms with E-state index in [2.05, 4.69) is 33.0 Å². The molecule has 1 amide bonds. The van der Waals surface area contributed by atoms with E-state index in [1.807, 2.05) is 19.1 Å². The van der Waals surface area contributed by atoms with Gasteiger partial charge in [-0.3, -0.25) is 4.79 Å². The molecule has 3 N–H and O–H groups in total. The van der Waals surface area contributed by atoms with E-state index >= 15 is 0 Å². The van der Waals surface area contributed by atoms with Crippen molar-refractivity contribution in [1.29, 1.82) is 0 Å². The van der Waals surface area contributed by atoms with E-state index < -0.39 is 36.6 Å². The van der Waals surface area contributed by atoms with Gasteiger partial charge in [-0.15, -0.1) is 0 Å². The molecule has 2 aromatic carbocycles. The number of sulfone groups is 1. The lowest BCUT2D eigenvalue weighted by molar-refractivity contribution is -0.00330. The Hall–Kier alpha value is -3.24. The second-order valence-electron chi connectivity index (χ2n) is 15.7. The second kappa shape index (κ2) is 14.2. The molecule has 7 rings (SSSR count). The summed E-state index contributed by atoms with van der Waals surface area (Å²) in [6, 6.07) is 14.1. The molecule has 0 aromatic heterocycles. The Balaban J connectivity index is 1.27. The van der Waals surface area contributed by atoms with Crippen molar-refractivity contribution in [3.63, 3.8) is 0 Å². The highest BCUT2D eigenvalue weighted by atomic mass is 35.5. The van der Waals surface area contributed by atoms with E-state index in [0.717, 1.165) is 32.1 Å². The van der Waals surface area contributed by atoms with Crippen molar-refractivity contribution in [1.82, 2.24) is 10.0 Å². The SMILES string of the molecule is C[C@@H]1[C@@H](C)C/C=C/[C@](O)(C#CNC2CCS(=O)(=O)CC2)[C@@H]2CC[C@H]2CN2C[C@@]3(CCCc4cc(Cl)ccc43)COc3ccc(cc32)C(=O)NS1(=O)=O. The number of carbonyl (C=O) groups is 1. The van der Waals surface area contributed by atoms with Crippen molar-refractivity contribution in [3.8, 4) is 17.7 Å². The van der Waals surface area contributed by atoms with E-state index in [0.29, 0.717) is 55.4 Å². The average molecular weight is 770 g/mol. The van der Waals surface area contributed by atoms with Crippen LogP contribution in [-0.4, -0.2) is 75.9 Å². The van der Waals surface area contributed by atoms with Gasteiger partial charge in [-0.05, 0) is 124 Å². The fraction of sp³-hybridized carbons (Fsp3) is 0.564. The van der Waals surface area contributed by atoms with Gasteiger partial charge >= 0.3 is 0 Å². The molecule has 3 heterocycles. The number of carbonyl (C=O) groups excluding carboxylic acids is 1. The predicted molar refractivity (Wildman–Crippen MR) is 203 cm³/mol. The van der Waals surface area contributed by atoms with Crippen LogP contribution in [0.15, 0.2) is 48.6 Å². The van der Waals surface area contributed by atoms with Crippen LogP contribution in [0.4, 0.5) is 5.69 Å². The Morgan fingerprint density at radius 1 is 1.06 bits per heavy atom. The first-order valence-electron chi connectivity index (χ1n) is 18.4. The maximum Gasteiger partial charge on any atom is 0.264 e. The quantitative estimate of drug-likeness (QED) is 0.213. The number of sulfonamides is 1. The average Bonchev–Trinajstić information content (AvgIpc) is 3.23. The molecule has 10 nitrogen and oxygen atoms in total. The molecule has 6 atom stereocenters. The third-order valence-electron chi connectivity index (χ3n) is 12.2. The van der Waals surface area contributed by atoms with Crippen molar-refractivity contribution in [2.24, 2.45) is 17.8 Å². The molecule has 0 unspecified atom stereocenters. The first kappa shape index (κ1) is 37.1. The molecule has 13 heteroatoms. The zero-order chi connectivity index (χ0) is 36.9. The van der Waals surface area contributed by atoms with Gasteiger partial charge in [0, 0.05) is 47.1 Å². The van der Waals surface area contributed by atoms with Crippen molar-refractivity contribution < 1.29 is 31.5 Å². The number of benzene rings is 2. The lowest BCUT2D eigenvalue weighted by Gasteiger charge is -2.47. The van der Waals surface area contributed by atoms with Crippen LogP contribution in [0.3, 0.4) is 0 Å². The van der Waals surface area contributed by atoms with Gasteiger partial charge < -0.3 is 20.1 Å². The Morgan fingerprint density at radius 2 is 1.85 bits per heavy atom. The summed E-state index contributed by atoms with van der Waals surface area (Å²) >= 11 is 6.44. The Morgan fingerprint density at radius 3 is 2.60 bits per heavy atom. The number of allylic oxidation sites excluding steroid dienone is 1. The lowest BCUT2D eigenvalue weighted by Crippen LogP contribution is -2.52. The number of amides is 1. The van der Waals surface area contributed by atoms with Crippen molar-refractivity contribution in [2.75, 3.05) is 36.1 Å². The van der Waals surface area contributed by atoms with Gasteiger partial charge in [0.15, 0.2) is 0 Å². The number of nitrogens with one attached hydrogen (secondary N) is 2. The number of ether oxygens (including phenoxy) is 1. The number of aliphatic hydroxyl groups is 1. The monoisotopic (exact) mass is 769 g/mol. The molecule has 0 radical (unpaired) electrons. The maximum absolute atomic E-state index is 13.5. The Kier molecular flexibility index (Phi) is 10.1. The van der Waals surface area contributed by atoms with Crippen LogP contribution < -0.4 is 19.7 Å².